The van der Waals surface area contributed by atoms with Crippen molar-refractivity contribution in [2.75, 3.05) is 5.32 Å². The van der Waals surface area contributed by atoms with Crippen LogP contribution in [0.1, 0.15) is 5.56 Å². The number of anilines is 1. The number of hydrogen-bond donors (Lipinski definition) is 1. The Morgan fingerprint density at radius 3 is 2.36 bits per heavy atom. The molecule has 0 spiro atoms. The van der Waals surface area contributed by atoms with E-state index in [0.29, 0.717) is 17.0 Å². The molecule has 3 aromatic carbocycles. The molecule has 28 heavy (non-hydrogen) atoms. The zero-order valence-corrected chi connectivity index (χ0v) is 15.0. The molecule has 0 fully saturated rings. The monoisotopic (exact) mass is 367 g/mol. The van der Waals surface area contributed by atoms with Crippen LogP contribution in [-0.4, -0.2) is 10.5 Å². The van der Waals surface area contributed by atoms with Gasteiger partial charge in [0.25, 0.3) is 0 Å². The van der Waals surface area contributed by atoms with Gasteiger partial charge in [0.05, 0.1) is 5.56 Å². The van der Waals surface area contributed by atoms with Gasteiger partial charge in [0, 0.05) is 22.8 Å². The number of nitriles is 1. The fourth-order valence-electron chi connectivity index (χ4n) is 3.05. The minimum absolute atomic E-state index is 0.129. The summed E-state index contributed by atoms with van der Waals surface area (Å²) in [6.45, 7) is 0.129. The number of fused-ring (bicyclic) bond motifs is 1. The second-order valence-electron chi connectivity index (χ2n) is 6.29. The quantitative estimate of drug-likeness (QED) is 0.543. The number of nitrogens with one attached hydrogen (secondary N) is 1. The van der Waals surface area contributed by atoms with Gasteiger partial charge < -0.3 is 14.6 Å². The summed E-state index contributed by atoms with van der Waals surface area (Å²) < 4.78 is 7.54. The van der Waals surface area contributed by atoms with E-state index in [1.54, 1.807) is 22.9 Å². The SMILES string of the molecule is N#Cc1cn(CC(=O)Nc2ccc(Oc3ccccc3)cc2)c2ccccc12. The molecular formula is C23H17N3O2. The average molecular weight is 367 g/mol. The standard InChI is InChI=1S/C23H17N3O2/c24-14-17-15-26(22-9-5-4-8-21(17)22)16-23(27)25-18-10-12-20(13-11-18)28-19-6-2-1-3-7-19/h1-13,15H,16H2,(H,25,27). The molecule has 0 atom stereocenters. The summed E-state index contributed by atoms with van der Waals surface area (Å²) in [5, 5.41) is 13.0. The lowest BCUT2D eigenvalue weighted by atomic mass is 10.2. The third-order valence-electron chi connectivity index (χ3n) is 4.34. The molecule has 0 aliphatic rings. The first-order valence-electron chi connectivity index (χ1n) is 8.84. The summed E-state index contributed by atoms with van der Waals surface area (Å²) in [7, 11) is 0. The van der Waals surface area contributed by atoms with Crippen LogP contribution in [0, 0.1) is 11.3 Å². The van der Waals surface area contributed by atoms with Gasteiger partial charge in [-0.3, -0.25) is 4.79 Å². The molecule has 4 rings (SSSR count). The Labute approximate surface area is 162 Å². The number of hydrogen-bond acceptors (Lipinski definition) is 3. The molecule has 1 amide bonds. The Balaban J connectivity index is 1.44. The highest BCUT2D eigenvalue weighted by Gasteiger charge is 2.11. The number of nitrogens with zero attached hydrogens (tertiary/aromatic N) is 2. The van der Waals surface area contributed by atoms with Gasteiger partial charge in [-0.25, -0.2) is 0 Å². The van der Waals surface area contributed by atoms with Gasteiger partial charge in [0.2, 0.25) is 5.91 Å². The maximum absolute atomic E-state index is 12.5. The number of benzene rings is 3. The zero-order valence-electron chi connectivity index (χ0n) is 15.0. The van der Waals surface area contributed by atoms with Crippen molar-refractivity contribution in [3.63, 3.8) is 0 Å². The van der Waals surface area contributed by atoms with Crippen molar-refractivity contribution >= 4 is 22.5 Å². The molecule has 0 saturated heterocycles. The van der Waals surface area contributed by atoms with E-state index >= 15 is 0 Å². The predicted octanol–water partition coefficient (Wildman–Crippen LogP) is 4.94. The minimum Gasteiger partial charge on any atom is -0.457 e. The predicted molar refractivity (Wildman–Crippen MR) is 108 cm³/mol. The van der Waals surface area contributed by atoms with Crippen LogP contribution in [-0.2, 0) is 11.3 Å². The lowest BCUT2D eigenvalue weighted by Crippen LogP contribution is -2.18. The van der Waals surface area contributed by atoms with Crippen molar-refractivity contribution in [2.45, 2.75) is 6.54 Å². The fraction of sp³-hybridized carbons (Fsp3) is 0.0435. The molecule has 0 aliphatic carbocycles. The topological polar surface area (TPSA) is 67.0 Å². The Morgan fingerprint density at radius 1 is 0.929 bits per heavy atom. The van der Waals surface area contributed by atoms with Crippen molar-refractivity contribution in [3.05, 3.63) is 90.6 Å². The number of carbonyl (C=O) groups is 1. The van der Waals surface area contributed by atoms with Gasteiger partial charge in [-0.15, -0.1) is 0 Å². The van der Waals surface area contributed by atoms with E-state index in [2.05, 4.69) is 11.4 Å². The molecule has 0 bridgehead atoms. The molecule has 136 valence electrons. The van der Waals surface area contributed by atoms with Gasteiger partial charge in [-0.05, 0) is 42.5 Å². The van der Waals surface area contributed by atoms with E-state index < -0.39 is 0 Å². The van der Waals surface area contributed by atoms with Crippen molar-refractivity contribution in [3.8, 4) is 17.6 Å². The molecule has 5 nitrogen and oxygen atoms in total. The van der Waals surface area contributed by atoms with Crippen molar-refractivity contribution < 1.29 is 9.53 Å². The molecule has 1 N–H and O–H groups in total. The zero-order chi connectivity index (χ0) is 19.3. The largest absolute Gasteiger partial charge is 0.457 e. The Morgan fingerprint density at radius 2 is 1.61 bits per heavy atom. The third kappa shape index (κ3) is 3.71. The first-order valence-corrected chi connectivity index (χ1v) is 8.84. The van der Waals surface area contributed by atoms with Gasteiger partial charge in [-0.1, -0.05) is 36.4 Å². The summed E-state index contributed by atoms with van der Waals surface area (Å²) in [6, 6.07) is 26.4. The minimum atomic E-state index is -0.165. The highest BCUT2D eigenvalue weighted by atomic mass is 16.5. The first kappa shape index (κ1) is 17.4. The van der Waals surface area contributed by atoms with Gasteiger partial charge in [0.1, 0.15) is 24.1 Å². The molecule has 1 heterocycles. The number of ether oxygens (including phenoxy) is 1. The van der Waals surface area contributed by atoms with E-state index in [0.717, 1.165) is 16.7 Å². The van der Waals surface area contributed by atoms with Gasteiger partial charge in [-0.2, -0.15) is 5.26 Å². The molecule has 0 unspecified atom stereocenters. The molecule has 1 aromatic heterocycles. The second-order valence-corrected chi connectivity index (χ2v) is 6.29. The highest BCUT2D eigenvalue weighted by Crippen LogP contribution is 2.23. The van der Waals surface area contributed by atoms with E-state index in [4.69, 9.17) is 4.74 Å². The lowest BCUT2D eigenvalue weighted by Gasteiger charge is -2.09. The molecule has 0 saturated carbocycles. The number of para-hydroxylation sites is 2. The van der Waals surface area contributed by atoms with Gasteiger partial charge in [0.15, 0.2) is 0 Å². The summed E-state index contributed by atoms with van der Waals surface area (Å²) in [4.78, 5) is 12.5. The van der Waals surface area contributed by atoms with E-state index in [-0.39, 0.29) is 12.5 Å². The van der Waals surface area contributed by atoms with Crippen molar-refractivity contribution in [2.24, 2.45) is 0 Å². The molecule has 0 radical (unpaired) electrons. The number of carbonyl (C=O) groups excluding carboxylic acids is 1. The first-order chi connectivity index (χ1) is 13.7. The maximum Gasteiger partial charge on any atom is 0.244 e. The van der Waals surface area contributed by atoms with E-state index in [1.807, 2.05) is 66.7 Å². The normalized spacial score (nSPS) is 10.4. The van der Waals surface area contributed by atoms with Crippen LogP contribution in [0.5, 0.6) is 11.5 Å². The third-order valence-corrected chi connectivity index (χ3v) is 4.34. The summed E-state index contributed by atoms with van der Waals surface area (Å²) in [6.07, 6.45) is 1.71. The second kappa shape index (κ2) is 7.68. The average Bonchev–Trinajstić information content (AvgIpc) is 3.08. The molecule has 0 aliphatic heterocycles. The van der Waals surface area contributed by atoms with Crippen molar-refractivity contribution in [1.29, 1.82) is 5.26 Å². The summed E-state index contributed by atoms with van der Waals surface area (Å²) in [5.41, 5.74) is 2.11. The number of rotatable bonds is 5. The van der Waals surface area contributed by atoms with Gasteiger partial charge >= 0.3 is 0 Å². The molecule has 5 heteroatoms. The van der Waals surface area contributed by atoms with Crippen LogP contribution >= 0.6 is 0 Å². The fourth-order valence-corrected chi connectivity index (χ4v) is 3.05. The van der Waals surface area contributed by atoms with Crippen LogP contribution in [0.3, 0.4) is 0 Å². The summed E-state index contributed by atoms with van der Waals surface area (Å²) in [5.74, 6) is 1.29. The Kier molecular flexibility index (Phi) is 4.77. The summed E-state index contributed by atoms with van der Waals surface area (Å²) >= 11 is 0. The van der Waals surface area contributed by atoms with Crippen LogP contribution < -0.4 is 10.1 Å². The Hall–Kier alpha value is -4.04. The number of aromatic nitrogens is 1. The lowest BCUT2D eigenvalue weighted by molar-refractivity contribution is -0.116. The van der Waals surface area contributed by atoms with E-state index in [1.165, 1.54) is 0 Å². The maximum atomic E-state index is 12.5. The van der Waals surface area contributed by atoms with Crippen LogP contribution in [0.2, 0.25) is 0 Å². The van der Waals surface area contributed by atoms with Crippen LogP contribution in [0.25, 0.3) is 10.9 Å². The van der Waals surface area contributed by atoms with Crippen molar-refractivity contribution in [1.82, 2.24) is 4.57 Å². The van der Waals surface area contributed by atoms with E-state index in [9.17, 15) is 10.1 Å². The Bertz CT molecular complexity index is 1160. The molecule has 4 aromatic rings. The molecular weight excluding hydrogens is 350 g/mol. The van der Waals surface area contributed by atoms with Crippen LogP contribution in [0.4, 0.5) is 5.69 Å². The highest BCUT2D eigenvalue weighted by molar-refractivity contribution is 5.93. The number of amides is 1. The smallest absolute Gasteiger partial charge is 0.244 e. The van der Waals surface area contributed by atoms with Crippen LogP contribution in [0.15, 0.2) is 85.1 Å².